The van der Waals surface area contributed by atoms with Crippen LogP contribution in [0.2, 0.25) is 0 Å². The Bertz CT molecular complexity index is 214. The fourth-order valence-corrected chi connectivity index (χ4v) is 2.27. The van der Waals surface area contributed by atoms with Crippen LogP contribution in [0.1, 0.15) is 46.0 Å². The fourth-order valence-electron chi connectivity index (χ4n) is 2.27. The Morgan fingerprint density at radius 2 is 2.13 bits per heavy atom. The lowest BCUT2D eigenvalue weighted by molar-refractivity contribution is -0.122. The molecule has 0 aromatic rings. The molecule has 0 heterocycles. The quantitative estimate of drug-likeness (QED) is 0.744. The van der Waals surface area contributed by atoms with Gasteiger partial charge < -0.3 is 10.6 Å². The minimum absolute atomic E-state index is 0.185. The van der Waals surface area contributed by atoms with Crippen LogP contribution in [-0.4, -0.2) is 25.5 Å². The summed E-state index contributed by atoms with van der Waals surface area (Å²) in [5, 5.41) is 6.16. The number of carbonyl (C=O) groups is 1. The van der Waals surface area contributed by atoms with E-state index in [9.17, 15) is 4.79 Å². The highest BCUT2D eigenvalue weighted by atomic mass is 16.1. The topological polar surface area (TPSA) is 41.1 Å². The lowest BCUT2D eigenvalue weighted by atomic mass is 9.73. The first-order chi connectivity index (χ1) is 7.06. The fraction of sp³-hybridized carbons (Fsp3) is 0.917. The maximum Gasteiger partial charge on any atom is 0.221 e. The number of hydrogen-bond donors (Lipinski definition) is 2. The molecule has 0 saturated heterocycles. The predicted octanol–water partition coefficient (Wildman–Crippen LogP) is 1.68. The summed E-state index contributed by atoms with van der Waals surface area (Å²) in [6, 6.07) is 0.371. The van der Waals surface area contributed by atoms with Crippen LogP contribution < -0.4 is 10.6 Å². The van der Waals surface area contributed by atoms with Gasteiger partial charge in [0, 0.05) is 19.0 Å². The molecule has 0 aromatic carbocycles. The van der Waals surface area contributed by atoms with Gasteiger partial charge in [0.25, 0.3) is 0 Å². The molecule has 3 nitrogen and oxygen atoms in total. The van der Waals surface area contributed by atoms with Crippen LogP contribution in [0.5, 0.6) is 0 Å². The number of amides is 1. The third-order valence-electron chi connectivity index (χ3n) is 3.44. The molecule has 0 spiro atoms. The van der Waals surface area contributed by atoms with Crippen molar-refractivity contribution in [2.75, 3.05) is 13.6 Å². The third kappa shape index (κ3) is 3.82. The summed E-state index contributed by atoms with van der Waals surface area (Å²) in [6.45, 7) is 5.28. The predicted molar refractivity (Wildman–Crippen MR) is 62.7 cm³/mol. The van der Waals surface area contributed by atoms with Crippen molar-refractivity contribution in [3.63, 3.8) is 0 Å². The van der Waals surface area contributed by atoms with E-state index in [1.165, 1.54) is 19.3 Å². The molecule has 2 N–H and O–H groups in total. The third-order valence-corrected chi connectivity index (χ3v) is 3.44. The van der Waals surface area contributed by atoms with Crippen LogP contribution in [0, 0.1) is 5.41 Å². The molecule has 0 radical (unpaired) electrons. The van der Waals surface area contributed by atoms with E-state index in [1.54, 1.807) is 0 Å². The molecule has 15 heavy (non-hydrogen) atoms. The lowest BCUT2D eigenvalue weighted by Crippen LogP contribution is -2.47. The van der Waals surface area contributed by atoms with E-state index in [0.29, 0.717) is 12.5 Å². The molecule has 88 valence electrons. The molecule has 1 amide bonds. The largest absolute Gasteiger partial charge is 0.353 e. The number of rotatable bonds is 4. The Labute approximate surface area is 93.0 Å². The summed E-state index contributed by atoms with van der Waals surface area (Å²) < 4.78 is 0. The van der Waals surface area contributed by atoms with Crippen LogP contribution in [-0.2, 0) is 4.79 Å². The molecule has 1 saturated carbocycles. The van der Waals surface area contributed by atoms with Gasteiger partial charge in [-0.3, -0.25) is 4.79 Å². The average molecular weight is 212 g/mol. The molecule has 0 aliphatic heterocycles. The van der Waals surface area contributed by atoms with Crippen molar-refractivity contribution in [2.24, 2.45) is 5.41 Å². The minimum atomic E-state index is 0.185. The van der Waals surface area contributed by atoms with E-state index < -0.39 is 0 Å². The Hall–Kier alpha value is -0.570. The maximum atomic E-state index is 11.6. The van der Waals surface area contributed by atoms with E-state index in [0.717, 1.165) is 13.0 Å². The molecule has 1 aliphatic carbocycles. The number of nitrogens with one attached hydrogen (secondary N) is 2. The normalized spacial score (nSPS) is 24.9. The van der Waals surface area contributed by atoms with Crippen molar-refractivity contribution in [1.29, 1.82) is 0 Å². The smallest absolute Gasteiger partial charge is 0.221 e. The van der Waals surface area contributed by atoms with E-state index in [1.807, 2.05) is 7.05 Å². The van der Waals surface area contributed by atoms with Gasteiger partial charge in [0.05, 0.1) is 0 Å². The summed E-state index contributed by atoms with van der Waals surface area (Å²) in [5.41, 5.74) is 0.271. The zero-order chi connectivity index (χ0) is 11.3. The average Bonchev–Trinajstić information content (AvgIpc) is 2.18. The number of hydrogen-bond acceptors (Lipinski definition) is 2. The van der Waals surface area contributed by atoms with E-state index in [2.05, 4.69) is 24.5 Å². The SMILES string of the molecule is CNCCC(=O)NC1CCCCC1(C)C. The summed E-state index contributed by atoms with van der Waals surface area (Å²) in [7, 11) is 1.87. The van der Waals surface area contributed by atoms with E-state index in [-0.39, 0.29) is 11.3 Å². The van der Waals surface area contributed by atoms with Crippen LogP contribution in [0.25, 0.3) is 0 Å². The Morgan fingerprint density at radius 3 is 2.73 bits per heavy atom. The summed E-state index contributed by atoms with van der Waals surface area (Å²) in [6.07, 6.45) is 5.50. The highest BCUT2D eigenvalue weighted by Crippen LogP contribution is 2.35. The molecule has 1 rings (SSSR count). The maximum absolute atomic E-state index is 11.6. The van der Waals surface area contributed by atoms with Crippen LogP contribution in [0.3, 0.4) is 0 Å². The first kappa shape index (κ1) is 12.5. The van der Waals surface area contributed by atoms with Crippen LogP contribution in [0.15, 0.2) is 0 Å². The van der Waals surface area contributed by atoms with E-state index >= 15 is 0 Å². The van der Waals surface area contributed by atoms with Gasteiger partial charge in [-0.05, 0) is 25.3 Å². The minimum Gasteiger partial charge on any atom is -0.353 e. The molecule has 3 heteroatoms. The van der Waals surface area contributed by atoms with Gasteiger partial charge in [-0.25, -0.2) is 0 Å². The van der Waals surface area contributed by atoms with Crippen molar-refractivity contribution >= 4 is 5.91 Å². The number of carbonyl (C=O) groups excluding carboxylic acids is 1. The van der Waals surface area contributed by atoms with Gasteiger partial charge in [-0.15, -0.1) is 0 Å². The van der Waals surface area contributed by atoms with Crippen LogP contribution in [0.4, 0.5) is 0 Å². The first-order valence-electron chi connectivity index (χ1n) is 6.00. The molecular weight excluding hydrogens is 188 g/mol. The van der Waals surface area contributed by atoms with Gasteiger partial charge in [0.1, 0.15) is 0 Å². The Morgan fingerprint density at radius 1 is 1.40 bits per heavy atom. The molecule has 1 aliphatic rings. The summed E-state index contributed by atoms with van der Waals surface area (Å²) in [5.74, 6) is 0.185. The Balaban J connectivity index is 2.38. The lowest BCUT2D eigenvalue weighted by Gasteiger charge is -2.39. The molecule has 1 unspecified atom stereocenters. The van der Waals surface area contributed by atoms with Crippen molar-refractivity contribution in [2.45, 2.75) is 52.0 Å². The van der Waals surface area contributed by atoms with Crippen molar-refractivity contribution < 1.29 is 4.79 Å². The first-order valence-corrected chi connectivity index (χ1v) is 6.00. The second-order valence-electron chi connectivity index (χ2n) is 5.21. The molecule has 0 bridgehead atoms. The molecule has 1 atom stereocenters. The van der Waals surface area contributed by atoms with Gasteiger partial charge in [0.2, 0.25) is 5.91 Å². The zero-order valence-electron chi connectivity index (χ0n) is 10.2. The van der Waals surface area contributed by atoms with Crippen molar-refractivity contribution in [1.82, 2.24) is 10.6 Å². The van der Waals surface area contributed by atoms with Crippen LogP contribution >= 0.6 is 0 Å². The molecule has 1 fully saturated rings. The van der Waals surface area contributed by atoms with Gasteiger partial charge in [-0.2, -0.15) is 0 Å². The van der Waals surface area contributed by atoms with E-state index in [4.69, 9.17) is 0 Å². The standard InChI is InChI=1S/C12H24N2O/c1-12(2)8-5-4-6-10(12)14-11(15)7-9-13-3/h10,13H,4-9H2,1-3H3,(H,14,15). The highest BCUT2D eigenvalue weighted by Gasteiger charge is 2.32. The summed E-state index contributed by atoms with van der Waals surface area (Å²) >= 11 is 0. The zero-order valence-corrected chi connectivity index (χ0v) is 10.2. The monoisotopic (exact) mass is 212 g/mol. The Kier molecular flexibility index (Phi) is 4.58. The van der Waals surface area contributed by atoms with Crippen molar-refractivity contribution in [3.8, 4) is 0 Å². The highest BCUT2D eigenvalue weighted by molar-refractivity contribution is 5.76. The molecular formula is C12H24N2O. The summed E-state index contributed by atoms with van der Waals surface area (Å²) in [4.78, 5) is 11.6. The van der Waals surface area contributed by atoms with Gasteiger partial charge in [-0.1, -0.05) is 26.7 Å². The van der Waals surface area contributed by atoms with Gasteiger partial charge >= 0.3 is 0 Å². The second kappa shape index (κ2) is 5.50. The second-order valence-corrected chi connectivity index (χ2v) is 5.21. The van der Waals surface area contributed by atoms with Crippen molar-refractivity contribution in [3.05, 3.63) is 0 Å². The molecule has 0 aromatic heterocycles. The van der Waals surface area contributed by atoms with Gasteiger partial charge in [0.15, 0.2) is 0 Å².